The highest BCUT2D eigenvalue weighted by molar-refractivity contribution is 5.24. The smallest absolute Gasteiger partial charge is 0.255 e. The van der Waals surface area contributed by atoms with E-state index in [1.54, 1.807) is 6.07 Å². The normalized spacial score (nSPS) is 30.2. The van der Waals surface area contributed by atoms with Crippen molar-refractivity contribution < 1.29 is 9.13 Å². The Balaban J connectivity index is 1.51. The van der Waals surface area contributed by atoms with E-state index in [2.05, 4.69) is 18.8 Å². The van der Waals surface area contributed by atoms with Crippen molar-refractivity contribution in [1.82, 2.24) is 4.98 Å². The fourth-order valence-electron chi connectivity index (χ4n) is 4.74. The third-order valence-electron chi connectivity index (χ3n) is 6.51. The first kappa shape index (κ1) is 18.7. The third kappa shape index (κ3) is 4.95. The fraction of sp³-hybridized carbons (Fsp3) is 0.773. The summed E-state index contributed by atoms with van der Waals surface area (Å²) in [6.45, 7) is 5.06. The van der Waals surface area contributed by atoms with Crippen molar-refractivity contribution in [3.63, 3.8) is 0 Å². The molecule has 25 heavy (non-hydrogen) atoms. The number of pyridine rings is 1. The van der Waals surface area contributed by atoms with Gasteiger partial charge in [-0.25, -0.2) is 4.98 Å². The zero-order chi connectivity index (χ0) is 17.6. The maximum absolute atomic E-state index is 14.2. The highest BCUT2D eigenvalue weighted by Gasteiger charge is 2.31. The highest BCUT2D eigenvalue weighted by Crippen LogP contribution is 2.43. The summed E-state index contributed by atoms with van der Waals surface area (Å²) >= 11 is 0. The summed E-state index contributed by atoms with van der Waals surface area (Å²) in [7, 11) is 0. The summed E-state index contributed by atoms with van der Waals surface area (Å²) in [5, 5.41) is 0. The van der Waals surface area contributed by atoms with Gasteiger partial charge in [-0.2, -0.15) is 4.39 Å². The van der Waals surface area contributed by atoms with Gasteiger partial charge in [-0.1, -0.05) is 33.1 Å². The molecule has 0 saturated heterocycles. The van der Waals surface area contributed by atoms with Gasteiger partial charge in [0.2, 0.25) is 0 Å². The van der Waals surface area contributed by atoms with E-state index < -0.39 is 5.95 Å². The van der Waals surface area contributed by atoms with Crippen LogP contribution in [0.25, 0.3) is 0 Å². The molecule has 3 rings (SSSR count). The van der Waals surface area contributed by atoms with E-state index >= 15 is 0 Å². The van der Waals surface area contributed by atoms with E-state index in [0.29, 0.717) is 18.3 Å². The van der Waals surface area contributed by atoms with E-state index in [-0.39, 0.29) is 0 Å². The van der Waals surface area contributed by atoms with Crippen LogP contribution in [0.4, 0.5) is 4.39 Å². The quantitative estimate of drug-likeness (QED) is 0.433. The van der Waals surface area contributed by atoms with Crippen LogP contribution < -0.4 is 4.74 Å². The van der Waals surface area contributed by atoms with E-state index in [4.69, 9.17) is 4.74 Å². The van der Waals surface area contributed by atoms with Crippen molar-refractivity contribution >= 4 is 0 Å². The van der Waals surface area contributed by atoms with Crippen molar-refractivity contribution in [3.8, 4) is 5.75 Å². The summed E-state index contributed by atoms with van der Waals surface area (Å²) in [5.74, 6) is 3.07. The molecule has 2 fully saturated rings. The molecule has 0 spiro atoms. The van der Waals surface area contributed by atoms with E-state index in [1.165, 1.54) is 51.4 Å². The van der Waals surface area contributed by atoms with Crippen LogP contribution in [0, 0.1) is 23.7 Å². The maximum Gasteiger partial charge on any atom is 0.255 e. The Kier molecular flexibility index (Phi) is 6.72. The molecule has 0 bridgehead atoms. The van der Waals surface area contributed by atoms with Crippen molar-refractivity contribution in [2.45, 2.75) is 84.0 Å². The molecule has 1 aromatic heterocycles. The molecule has 2 saturated carbocycles. The largest absolute Gasteiger partial charge is 0.489 e. The summed E-state index contributed by atoms with van der Waals surface area (Å²) in [4.78, 5) is 4.23. The molecule has 2 aliphatic rings. The van der Waals surface area contributed by atoms with Crippen LogP contribution in [-0.4, -0.2) is 11.6 Å². The van der Waals surface area contributed by atoms with E-state index in [1.807, 2.05) is 6.07 Å². The lowest BCUT2D eigenvalue weighted by Crippen LogP contribution is -2.25. The summed E-state index contributed by atoms with van der Waals surface area (Å²) in [5.41, 5.74) is 0.927. The third-order valence-corrected chi connectivity index (χ3v) is 6.51. The molecule has 2 nitrogen and oxygen atoms in total. The first-order valence-electron chi connectivity index (χ1n) is 10.5. The molecular formula is C22H34FNO. The Morgan fingerprint density at radius 2 is 1.64 bits per heavy atom. The SMILES string of the molecule is CCCCOc1ccc(C2CCC(C3CCC(C)CC3)CC2)nc1F. The molecule has 0 aliphatic heterocycles. The second-order valence-electron chi connectivity index (χ2n) is 8.36. The van der Waals surface area contributed by atoms with Crippen LogP contribution in [0.15, 0.2) is 12.1 Å². The molecule has 0 aromatic carbocycles. The number of hydrogen-bond acceptors (Lipinski definition) is 2. The van der Waals surface area contributed by atoms with Gasteiger partial charge in [-0.05, 0) is 74.8 Å². The van der Waals surface area contributed by atoms with E-state index in [0.717, 1.165) is 36.3 Å². The first-order chi connectivity index (χ1) is 12.2. The number of aromatic nitrogens is 1. The van der Waals surface area contributed by atoms with Gasteiger partial charge in [0.1, 0.15) is 0 Å². The summed E-state index contributed by atoms with van der Waals surface area (Å²) in [6, 6.07) is 3.76. The van der Waals surface area contributed by atoms with Gasteiger partial charge in [0.05, 0.1) is 6.61 Å². The minimum absolute atomic E-state index is 0.308. The highest BCUT2D eigenvalue weighted by atomic mass is 19.1. The lowest BCUT2D eigenvalue weighted by atomic mass is 9.69. The zero-order valence-corrected chi connectivity index (χ0v) is 16.0. The predicted octanol–water partition coefficient (Wildman–Crippen LogP) is 6.50. The van der Waals surface area contributed by atoms with Gasteiger partial charge in [0.15, 0.2) is 5.75 Å². The van der Waals surface area contributed by atoms with Gasteiger partial charge in [0, 0.05) is 11.6 Å². The lowest BCUT2D eigenvalue weighted by Gasteiger charge is -2.37. The molecule has 3 heteroatoms. The molecule has 0 radical (unpaired) electrons. The monoisotopic (exact) mass is 347 g/mol. The fourth-order valence-corrected chi connectivity index (χ4v) is 4.74. The standard InChI is InChI=1S/C22H34FNO/c1-3-4-15-25-21-14-13-20(24-22(21)23)19-11-9-18(10-12-19)17-7-5-16(2)6-8-17/h13-14,16-19H,3-12,15H2,1-2H3. The average Bonchev–Trinajstić information content (AvgIpc) is 2.64. The molecule has 0 amide bonds. The van der Waals surface area contributed by atoms with Gasteiger partial charge < -0.3 is 4.74 Å². The predicted molar refractivity (Wildman–Crippen MR) is 100 cm³/mol. The van der Waals surface area contributed by atoms with Crippen LogP contribution >= 0.6 is 0 Å². The number of nitrogens with zero attached hydrogens (tertiary/aromatic N) is 1. The van der Waals surface area contributed by atoms with E-state index in [9.17, 15) is 4.39 Å². The van der Waals surface area contributed by atoms with Crippen molar-refractivity contribution in [3.05, 3.63) is 23.8 Å². The van der Waals surface area contributed by atoms with Crippen LogP contribution in [0.2, 0.25) is 0 Å². The number of ether oxygens (including phenoxy) is 1. The number of rotatable bonds is 6. The second-order valence-corrected chi connectivity index (χ2v) is 8.36. The Morgan fingerprint density at radius 1 is 1.00 bits per heavy atom. The van der Waals surface area contributed by atoms with Crippen molar-refractivity contribution in [2.75, 3.05) is 6.61 Å². The first-order valence-corrected chi connectivity index (χ1v) is 10.5. The molecular weight excluding hydrogens is 313 g/mol. The molecule has 1 heterocycles. The van der Waals surface area contributed by atoms with Crippen LogP contribution in [0.1, 0.15) is 89.7 Å². The summed E-state index contributed by atoms with van der Waals surface area (Å²) < 4.78 is 19.7. The summed E-state index contributed by atoms with van der Waals surface area (Å²) in [6.07, 6.45) is 12.6. The minimum Gasteiger partial charge on any atom is -0.489 e. The molecule has 2 aliphatic carbocycles. The maximum atomic E-state index is 14.2. The Morgan fingerprint density at radius 3 is 2.24 bits per heavy atom. The molecule has 0 unspecified atom stereocenters. The van der Waals surface area contributed by atoms with Gasteiger partial charge in [-0.15, -0.1) is 0 Å². The average molecular weight is 348 g/mol. The molecule has 0 N–H and O–H groups in total. The molecule has 0 atom stereocenters. The van der Waals surface area contributed by atoms with Crippen LogP contribution in [0.3, 0.4) is 0 Å². The second kappa shape index (κ2) is 9.00. The Bertz CT molecular complexity index is 531. The number of hydrogen-bond donors (Lipinski definition) is 0. The number of halogens is 1. The van der Waals surface area contributed by atoms with Gasteiger partial charge in [-0.3, -0.25) is 0 Å². The molecule has 140 valence electrons. The zero-order valence-electron chi connectivity index (χ0n) is 16.0. The van der Waals surface area contributed by atoms with Crippen LogP contribution in [0.5, 0.6) is 5.75 Å². The van der Waals surface area contributed by atoms with Crippen LogP contribution in [-0.2, 0) is 0 Å². The molecule has 1 aromatic rings. The van der Waals surface area contributed by atoms with Crippen molar-refractivity contribution in [1.29, 1.82) is 0 Å². The van der Waals surface area contributed by atoms with Gasteiger partial charge in [0.25, 0.3) is 5.95 Å². The Hall–Kier alpha value is -1.12. The number of unbranched alkanes of at least 4 members (excludes halogenated alkanes) is 1. The minimum atomic E-state index is -0.433. The lowest BCUT2D eigenvalue weighted by molar-refractivity contribution is 0.164. The van der Waals surface area contributed by atoms with Crippen molar-refractivity contribution in [2.24, 2.45) is 17.8 Å². The topological polar surface area (TPSA) is 22.1 Å². The Labute approximate surface area is 152 Å². The van der Waals surface area contributed by atoms with Gasteiger partial charge >= 0.3 is 0 Å².